The fraction of sp³-hybridized carbons (Fsp3) is 0.885. The molecule has 7 aliphatic rings. The molecule has 19 nitrogen and oxygen atoms in total. The number of likely N-dealkylation sites (N-methyl/N-ethyl adjacent to an activating group) is 1. The van der Waals surface area contributed by atoms with Crippen molar-refractivity contribution in [2.75, 3.05) is 40.8 Å². The smallest absolute Gasteiger partial charge is 0.311 e. The number of ether oxygens (including phenoxy) is 6. The Morgan fingerprint density at radius 2 is 1.57 bits per heavy atom. The number of hydrogen-bond acceptors (Lipinski definition) is 18. The summed E-state index contributed by atoms with van der Waals surface area (Å²) in [6.45, 7) is 23.7. The number of ketones is 1. The molecule has 4 aliphatic carbocycles. The van der Waals surface area contributed by atoms with Crippen LogP contribution in [0.4, 0.5) is 0 Å². The summed E-state index contributed by atoms with van der Waals surface area (Å²) < 4.78 is 38.3. The number of halogens is 1. The van der Waals surface area contributed by atoms with Crippen molar-refractivity contribution in [3.8, 4) is 0 Å². The summed E-state index contributed by atoms with van der Waals surface area (Å²) in [6, 6.07) is -1.14. The fourth-order valence-electron chi connectivity index (χ4n) is 16.5. The Hall–Kier alpha value is -2.18. The number of allylic oxidation sites excluding steroid dienone is 4. The van der Waals surface area contributed by atoms with Crippen LogP contribution in [0.2, 0.25) is 0 Å². The van der Waals surface area contributed by atoms with Crippen LogP contribution >= 0.6 is 11.6 Å². The topological polar surface area (TPSA) is 267 Å². The fourth-order valence-corrected chi connectivity index (χ4v) is 17.1. The van der Waals surface area contributed by atoms with Gasteiger partial charge in [0.25, 0.3) is 5.91 Å². The molecule has 0 spiro atoms. The van der Waals surface area contributed by atoms with Gasteiger partial charge in [0, 0.05) is 62.0 Å². The van der Waals surface area contributed by atoms with Crippen LogP contribution < -0.4 is 5.32 Å². The minimum Gasteiger partial charge on any atom is -0.459 e. The lowest BCUT2D eigenvalue weighted by molar-refractivity contribution is -0.318. The monoisotopic (exact) mass is 1170 g/mol. The lowest BCUT2D eigenvalue weighted by Gasteiger charge is -2.63. The highest BCUT2D eigenvalue weighted by atomic mass is 35.5. The second kappa shape index (κ2) is 24.5. The van der Waals surface area contributed by atoms with E-state index in [1.165, 1.54) is 20.1 Å². The van der Waals surface area contributed by atoms with Crippen molar-refractivity contribution in [3.63, 3.8) is 0 Å². The number of carbonyl (C=O) groups excluding carboxylic acids is 3. The van der Waals surface area contributed by atoms with E-state index in [1.54, 1.807) is 54.5 Å². The van der Waals surface area contributed by atoms with E-state index in [0.29, 0.717) is 32.1 Å². The largest absolute Gasteiger partial charge is 0.459 e. The van der Waals surface area contributed by atoms with Gasteiger partial charge in [0.15, 0.2) is 24.0 Å². The third-order valence-corrected chi connectivity index (χ3v) is 22.4. The molecule has 3 unspecified atom stereocenters. The standard InChI is InChI=1S/C61H102ClN3O16/c1-17-45-59(13,74)49(69)37(7)65(24-18-23-63-54(72)61(75)33(3)25-42-41-20-19-39-27-40(66)21-22-55(39,9)60(41,62)44(67)29-56(42,61)10)31-32(2)28-57(11,73)51(81-53-47(68)43(64(14)15)26-34(4)77-53)35(5)48(36(6)52(71)79-45)80-46-30-58(12,76-16)50(70)38(8)78-46/h21-22,27,32-38,41-51,53,67-70,73-75H,17-20,23-26,28-31H2,1-16H3,(H,63,72)/t32-,33+,34-,35+,36-,37-,38?,41?,42?,43-,44+,45-,46-,47-,48+,49-,50-,51-,53+,55+,56+,57-,58+,59-,60+,61+/m1/s1. The number of aliphatic hydroxyl groups is 7. The maximum atomic E-state index is 14.7. The molecular formula is C61H102ClN3O16. The minimum absolute atomic E-state index is 0.0723. The Labute approximate surface area is 486 Å². The Morgan fingerprint density at radius 3 is 2.20 bits per heavy atom. The van der Waals surface area contributed by atoms with Crippen LogP contribution in [0.15, 0.2) is 23.8 Å². The zero-order valence-electron chi connectivity index (χ0n) is 51.3. The van der Waals surface area contributed by atoms with Crippen molar-refractivity contribution in [2.24, 2.45) is 46.3 Å². The van der Waals surface area contributed by atoms with Crippen molar-refractivity contribution in [3.05, 3.63) is 23.8 Å². The van der Waals surface area contributed by atoms with Gasteiger partial charge in [-0.25, -0.2) is 0 Å². The molecule has 464 valence electrons. The molecule has 3 saturated carbocycles. The van der Waals surface area contributed by atoms with E-state index in [0.717, 1.165) is 5.57 Å². The molecule has 0 aromatic rings. The number of esters is 1. The molecule has 0 bridgehead atoms. The van der Waals surface area contributed by atoms with Crippen LogP contribution in [-0.4, -0.2) is 211 Å². The summed E-state index contributed by atoms with van der Waals surface area (Å²) in [5.41, 5.74) is -7.62. The van der Waals surface area contributed by atoms with E-state index in [-0.39, 0.29) is 81.0 Å². The van der Waals surface area contributed by atoms with Crippen LogP contribution in [-0.2, 0) is 42.8 Å². The van der Waals surface area contributed by atoms with E-state index in [1.807, 2.05) is 64.6 Å². The molecule has 3 aliphatic heterocycles. The molecular weight excluding hydrogens is 1070 g/mol. The van der Waals surface area contributed by atoms with Crippen LogP contribution in [0.25, 0.3) is 0 Å². The van der Waals surface area contributed by atoms with Gasteiger partial charge in [-0.05, 0) is 150 Å². The molecule has 20 heteroatoms. The molecule has 6 fully saturated rings. The lowest BCUT2D eigenvalue weighted by atomic mass is 9.45. The number of methoxy groups -OCH3 is 1. The van der Waals surface area contributed by atoms with Gasteiger partial charge in [-0.3, -0.25) is 19.3 Å². The Balaban J connectivity index is 1.16. The zero-order chi connectivity index (χ0) is 60.5. The normalized spacial score (nSPS) is 50.3. The molecule has 0 radical (unpaired) electrons. The second-order valence-corrected chi connectivity index (χ2v) is 28.1. The Kier molecular flexibility index (Phi) is 20.1. The summed E-state index contributed by atoms with van der Waals surface area (Å²) >= 11 is 7.67. The van der Waals surface area contributed by atoms with E-state index in [9.17, 15) is 50.1 Å². The molecule has 1 amide bonds. The summed E-state index contributed by atoms with van der Waals surface area (Å²) in [6.07, 6.45) is -3.64. The number of aliphatic hydroxyl groups excluding tert-OH is 4. The number of alkyl halides is 1. The molecule has 26 atom stereocenters. The number of rotatable bonds is 12. The van der Waals surface area contributed by atoms with Gasteiger partial charge in [0.05, 0.1) is 52.5 Å². The zero-order valence-corrected chi connectivity index (χ0v) is 52.0. The van der Waals surface area contributed by atoms with Gasteiger partial charge in [0.2, 0.25) is 0 Å². The van der Waals surface area contributed by atoms with Crippen molar-refractivity contribution < 1.29 is 78.6 Å². The first-order chi connectivity index (χ1) is 37.5. The van der Waals surface area contributed by atoms with Crippen LogP contribution in [0, 0.1) is 46.3 Å². The minimum atomic E-state index is -2.00. The predicted octanol–water partition coefficient (Wildman–Crippen LogP) is 4.39. The maximum absolute atomic E-state index is 14.7. The average Bonchev–Trinajstić information content (AvgIpc) is 2.79. The number of hydrogen-bond donors (Lipinski definition) is 8. The number of fused-ring (bicyclic) bond motifs is 5. The SMILES string of the molecule is CC[C@H]1OC(=O)[C@H](C)[C@@H](O[C@@H]2C[C@](C)(OC)[C@H](O)C(C)O2)[C@H](C)[C@@H](O[C@@H]2O[C@H](C)C[C@@H](N(C)C)[C@H]2O)[C@](C)(O)C[C@@H](C)CN(CCCNC(=O)[C@@]2(O)[C@@H](C)CC3C4CCC5=CC(=O)C=C[C@]5(C)[C@@]4(Cl)[C@@H](O)C[C@@]32C)[C@H](C)[C@@H](O)[C@]1(C)O. The Morgan fingerprint density at radius 1 is 0.901 bits per heavy atom. The molecule has 0 aromatic carbocycles. The van der Waals surface area contributed by atoms with Gasteiger partial charge in [-0.1, -0.05) is 53.2 Å². The third-order valence-electron chi connectivity index (χ3n) is 21.5. The van der Waals surface area contributed by atoms with Crippen molar-refractivity contribution in [1.29, 1.82) is 0 Å². The van der Waals surface area contributed by atoms with Crippen LogP contribution in [0.3, 0.4) is 0 Å². The number of nitrogens with one attached hydrogen (secondary N) is 1. The highest BCUT2D eigenvalue weighted by Gasteiger charge is 2.75. The van der Waals surface area contributed by atoms with Crippen molar-refractivity contribution in [2.45, 2.75) is 255 Å². The van der Waals surface area contributed by atoms with Gasteiger partial charge < -0.3 is 74.4 Å². The number of cyclic esters (lactones) is 1. The number of carbonyl (C=O) groups is 3. The van der Waals surface area contributed by atoms with Gasteiger partial charge in [-0.2, -0.15) is 0 Å². The second-order valence-electron chi connectivity index (χ2n) is 27.5. The Bertz CT molecular complexity index is 2310. The summed E-state index contributed by atoms with van der Waals surface area (Å²) in [7, 11) is 5.22. The number of nitrogens with zero attached hydrogens (tertiary/aromatic N) is 2. The van der Waals surface area contributed by atoms with Crippen LogP contribution in [0.5, 0.6) is 0 Å². The van der Waals surface area contributed by atoms with E-state index in [2.05, 4.69) is 5.32 Å². The first-order valence-corrected chi connectivity index (χ1v) is 30.5. The first kappa shape index (κ1) is 66.3. The van der Waals surface area contributed by atoms with Gasteiger partial charge in [-0.15, -0.1) is 11.6 Å². The molecule has 3 heterocycles. The van der Waals surface area contributed by atoms with E-state index >= 15 is 0 Å². The van der Waals surface area contributed by atoms with E-state index in [4.69, 9.17) is 40.0 Å². The predicted molar refractivity (Wildman–Crippen MR) is 303 cm³/mol. The summed E-state index contributed by atoms with van der Waals surface area (Å²) in [5, 5.41) is 88.9. The summed E-state index contributed by atoms with van der Waals surface area (Å²) in [5.74, 6) is -4.70. The highest BCUT2D eigenvalue weighted by Crippen LogP contribution is 2.71. The average molecular weight is 1170 g/mol. The maximum Gasteiger partial charge on any atom is 0.311 e. The molecule has 7 rings (SSSR count). The summed E-state index contributed by atoms with van der Waals surface area (Å²) in [4.78, 5) is 44.6. The van der Waals surface area contributed by atoms with E-state index < -0.39 is 135 Å². The molecule has 3 saturated heterocycles. The van der Waals surface area contributed by atoms with Gasteiger partial charge in [0.1, 0.15) is 30.0 Å². The van der Waals surface area contributed by atoms with Crippen molar-refractivity contribution in [1.82, 2.24) is 15.1 Å². The number of amides is 1. The third kappa shape index (κ3) is 11.9. The molecule has 8 N–H and O–H groups in total. The van der Waals surface area contributed by atoms with Crippen molar-refractivity contribution >= 4 is 29.3 Å². The van der Waals surface area contributed by atoms with Gasteiger partial charge >= 0.3 is 5.97 Å². The quantitative estimate of drug-likeness (QED) is 0.0765. The lowest BCUT2D eigenvalue weighted by Crippen LogP contribution is -2.69. The van der Waals surface area contributed by atoms with Crippen LogP contribution in [0.1, 0.15) is 148 Å². The molecule has 0 aromatic heterocycles. The molecule has 81 heavy (non-hydrogen) atoms. The highest BCUT2D eigenvalue weighted by molar-refractivity contribution is 6.26. The first-order valence-electron chi connectivity index (χ1n) is 30.1.